The second kappa shape index (κ2) is 35.2. The highest BCUT2D eigenvalue weighted by Gasteiger charge is 2.45. The smallest absolute Gasteiger partial charge is 0.251 e. The van der Waals surface area contributed by atoms with Crippen LogP contribution in [-0.4, -0.2) is 229 Å². The zero-order chi connectivity index (χ0) is 63.2. The molecule has 0 bridgehead atoms. The van der Waals surface area contributed by atoms with E-state index >= 15 is 0 Å². The van der Waals surface area contributed by atoms with E-state index in [1.54, 1.807) is 30.3 Å². The number of thioether (sulfide) groups is 2. The number of aliphatic hydroxyl groups is 8. The summed E-state index contributed by atoms with van der Waals surface area (Å²) < 4.78 is 27.7. The number of aliphatic hydroxyl groups excluding tert-OH is 8. The number of nitrogens with one attached hydrogen (secondary N) is 6. The van der Waals surface area contributed by atoms with E-state index in [4.69, 9.17) is 41.3 Å². The number of hydrogen-bond acceptors (Lipinski definition) is 24. The summed E-state index contributed by atoms with van der Waals surface area (Å²) in [7, 11) is 0. The van der Waals surface area contributed by atoms with Crippen LogP contribution in [0.5, 0.6) is 5.75 Å². The van der Waals surface area contributed by atoms with Crippen molar-refractivity contribution >= 4 is 93.3 Å². The molecule has 3 aliphatic heterocycles. The molecule has 2 fully saturated rings. The first-order valence-electron chi connectivity index (χ1n) is 28.0. The van der Waals surface area contributed by atoms with Gasteiger partial charge in [-0.05, 0) is 80.5 Å². The molecule has 6 amide bonds. The van der Waals surface area contributed by atoms with Crippen LogP contribution in [0.1, 0.15) is 55.3 Å². The SMILES string of the molecule is NC(=O)CCNC(=O)[C@H](CCCCNC(=O)c1cc(NC=S)ccc1-c1c2ccc(=O)cc-2oc2cc(O)ccc12)NC(=O)[C@H](CCCCNC(=O)CSCCO[C@H]1O[C@H](CO)[C@H](O)[C@H](O)[C@H]1O)NC(=O)CSCCO[C@H]1O[C@H](CO)[C@H](O)[C@H](O)[C@H]1O. The molecule has 31 heteroatoms. The third-order valence-corrected chi connectivity index (χ3v) is 16.0. The zero-order valence-electron chi connectivity index (χ0n) is 47.2. The lowest BCUT2D eigenvalue weighted by molar-refractivity contribution is -0.299. The van der Waals surface area contributed by atoms with Crippen LogP contribution in [-0.2, 0) is 42.9 Å². The number of phenolic OH excluding ortho intramolecular Hbond substituents is 1. The number of thiocarbonyl (C=S) groups is 1. The Bertz CT molecular complexity index is 2980. The van der Waals surface area contributed by atoms with Gasteiger partial charge in [-0.25, -0.2) is 0 Å². The van der Waals surface area contributed by atoms with Crippen molar-refractivity contribution in [3.05, 3.63) is 70.4 Å². The maximum atomic E-state index is 14.2. The van der Waals surface area contributed by atoms with Crippen LogP contribution in [0.4, 0.5) is 5.69 Å². The van der Waals surface area contributed by atoms with Crippen molar-refractivity contribution < 1.29 is 98.1 Å². The standard InChI is InChI=1S/C56H75N7O21S3/c57-42(68)13-16-60-53(78)36(5-2-4-15-59-52(77)35-21-29(61-28-85)7-10-32(35)45-33-11-8-30(66)22-38(33)82-39-23-31(67)9-12-34(39)45)63-54(79)37(62-44(70)27-87-20-18-81-56-51(76)49(74)47(72)41(25-65)84-56)6-1-3-14-58-43(69)26-86-19-17-80-55-50(75)48(73)46(71)40(24-64)83-55/h7-12,21-23,28,36-37,40-41,46-51,55-56,64-66,71-76H,1-6,13-20,24-27H2,(H2,57,68)(H,58,69)(H,59,77)(H,60,78)(H,61,85)(H,62,70)(H,63,79)/t36-,37-,40+,41+,46-,47-,48-,49-,50+,51+,55-,56-/m0/s1. The number of ether oxygens (including phenoxy) is 4. The number of carbonyl (C=O) groups excluding carboxylic acids is 6. The summed E-state index contributed by atoms with van der Waals surface area (Å²) in [6.45, 7) is -1.26. The van der Waals surface area contributed by atoms with Gasteiger partial charge in [0.05, 0.1) is 43.4 Å². The van der Waals surface area contributed by atoms with Gasteiger partial charge in [0.25, 0.3) is 5.91 Å². The van der Waals surface area contributed by atoms with E-state index in [9.17, 15) is 79.5 Å². The van der Waals surface area contributed by atoms with Crippen LogP contribution >= 0.6 is 35.7 Å². The highest BCUT2D eigenvalue weighted by molar-refractivity contribution is 8.00. The van der Waals surface area contributed by atoms with E-state index in [0.29, 0.717) is 40.6 Å². The Balaban J connectivity index is 1.07. The van der Waals surface area contributed by atoms with Crippen molar-refractivity contribution in [1.82, 2.24) is 26.6 Å². The fourth-order valence-electron chi connectivity index (χ4n) is 9.44. The fraction of sp³-hybridized carbons (Fsp3) is 0.536. The van der Waals surface area contributed by atoms with Gasteiger partial charge in [0.2, 0.25) is 29.5 Å². The Kier molecular flexibility index (Phi) is 28.3. The average Bonchev–Trinajstić information content (AvgIpc) is 1.07. The number of unbranched alkanes of at least 4 members (excludes halogenated alkanes) is 2. The Morgan fingerprint density at radius 2 is 1.24 bits per heavy atom. The van der Waals surface area contributed by atoms with Crippen molar-refractivity contribution in [1.29, 1.82) is 0 Å². The maximum Gasteiger partial charge on any atom is 0.251 e. The lowest BCUT2D eigenvalue weighted by Gasteiger charge is -2.39. The third-order valence-electron chi connectivity index (χ3n) is 14.0. The van der Waals surface area contributed by atoms with Crippen LogP contribution in [0, 0.1) is 0 Å². The molecule has 2 saturated heterocycles. The molecule has 0 aromatic heterocycles. The van der Waals surface area contributed by atoms with Crippen LogP contribution < -0.4 is 43.1 Å². The van der Waals surface area contributed by atoms with Gasteiger partial charge in [0.1, 0.15) is 78.0 Å². The summed E-state index contributed by atoms with van der Waals surface area (Å²) >= 11 is 7.30. The van der Waals surface area contributed by atoms with Crippen LogP contribution in [0.15, 0.2) is 63.8 Å². The summed E-state index contributed by atoms with van der Waals surface area (Å²) in [4.78, 5) is 92.2. The second-order valence-corrected chi connectivity index (χ2v) is 22.8. The number of hydrogen-bond donors (Lipinski definition) is 16. The Morgan fingerprint density at radius 1 is 0.655 bits per heavy atom. The number of carbonyl (C=O) groups is 6. The van der Waals surface area contributed by atoms with Crippen molar-refractivity contribution in [2.45, 2.75) is 118 Å². The third kappa shape index (κ3) is 20.5. The lowest BCUT2D eigenvalue weighted by Crippen LogP contribution is -2.59. The van der Waals surface area contributed by atoms with E-state index in [0.717, 1.165) is 11.8 Å². The van der Waals surface area contributed by atoms with Crippen LogP contribution in [0.2, 0.25) is 0 Å². The predicted octanol–water partition coefficient (Wildman–Crippen LogP) is -2.11. The zero-order valence-corrected chi connectivity index (χ0v) is 49.6. The van der Waals surface area contributed by atoms with Gasteiger partial charge >= 0.3 is 0 Å². The van der Waals surface area contributed by atoms with Gasteiger partial charge in [-0.3, -0.25) is 33.6 Å². The molecule has 17 N–H and O–H groups in total. The van der Waals surface area contributed by atoms with Crippen LogP contribution in [0.25, 0.3) is 33.4 Å². The van der Waals surface area contributed by atoms with Crippen LogP contribution in [0.3, 0.4) is 0 Å². The number of amides is 6. The van der Waals surface area contributed by atoms with E-state index < -0.39 is 116 Å². The molecule has 0 unspecified atom stereocenters. The van der Waals surface area contributed by atoms with Gasteiger partial charge in [-0.15, -0.1) is 23.5 Å². The summed E-state index contributed by atoms with van der Waals surface area (Å²) in [5, 5.41) is 107. The first kappa shape index (κ1) is 70.0. The summed E-state index contributed by atoms with van der Waals surface area (Å²) in [5.41, 5.74) is 8.80. The Hall–Kier alpha value is -6.14. The first-order valence-corrected chi connectivity index (χ1v) is 30.8. The first-order chi connectivity index (χ1) is 41.7. The number of benzene rings is 3. The molecular weight excluding hydrogens is 1200 g/mol. The minimum atomic E-state index is -1.65. The molecule has 2 aromatic carbocycles. The average molecular weight is 1280 g/mol. The number of rotatable bonds is 35. The predicted molar refractivity (Wildman–Crippen MR) is 321 cm³/mol. The molecule has 0 spiro atoms. The van der Waals surface area contributed by atoms with Gasteiger partial charge in [0.15, 0.2) is 18.0 Å². The summed E-state index contributed by atoms with van der Waals surface area (Å²) in [6, 6.07) is 11.4. The molecule has 3 heterocycles. The lowest BCUT2D eigenvalue weighted by atomic mass is 9.90. The largest absolute Gasteiger partial charge is 0.508 e. The van der Waals surface area contributed by atoms with Gasteiger partial charge < -0.3 is 107 Å². The quantitative estimate of drug-likeness (QED) is 0.0133. The molecule has 6 rings (SSSR count). The number of phenols is 1. The number of aromatic hydroxyl groups is 1. The van der Waals surface area contributed by atoms with E-state index in [1.807, 2.05) is 0 Å². The number of fused-ring (bicyclic) bond motifs is 2. The number of anilines is 1. The monoisotopic (exact) mass is 1280 g/mol. The molecule has 87 heavy (non-hydrogen) atoms. The highest BCUT2D eigenvalue weighted by atomic mass is 32.2. The number of primary amides is 1. The molecular formula is C56H75N7O21S3. The molecule has 0 saturated carbocycles. The molecule has 2 aromatic rings. The minimum Gasteiger partial charge on any atom is -0.508 e. The van der Waals surface area contributed by atoms with E-state index in [1.165, 1.54) is 41.5 Å². The van der Waals surface area contributed by atoms with Crippen molar-refractivity contribution in [3.8, 4) is 28.2 Å². The number of nitrogens with two attached hydrogens (primary N) is 1. The Morgan fingerprint density at radius 3 is 1.84 bits per heavy atom. The van der Waals surface area contributed by atoms with Crippen molar-refractivity contribution in [2.75, 3.05) is 74.4 Å². The molecule has 28 nitrogen and oxygen atoms in total. The molecule has 12 atom stereocenters. The molecule has 1 aliphatic carbocycles. The highest BCUT2D eigenvalue weighted by Crippen LogP contribution is 2.42. The maximum absolute atomic E-state index is 14.2. The summed E-state index contributed by atoms with van der Waals surface area (Å²) in [6.07, 6.45) is -13.5. The fourth-order valence-corrected chi connectivity index (χ4v) is 10.9. The second-order valence-electron chi connectivity index (χ2n) is 20.4. The van der Waals surface area contributed by atoms with Crippen molar-refractivity contribution in [2.24, 2.45) is 5.73 Å². The summed E-state index contributed by atoms with van der Waals surface area (Å²) in [5.74, 6) is -3.10. The normalized spacial score (nSPS) is 22.6. The minimum absolute atomic E-state index is 0.00564. The van der Waals surface area contributed by atoms with Gasteiger partial charge in [0, 0.05) is 77.5 Å². The molecule has 478 valence electrons. The van der Waals surface area contributed by atoms with Gasteiger partial charge in [-0.1, -0.05) is 18.3 Å². The van der Waals surface area contributed by atoms with E-state index in [-0.39, 0.29) is 122 Å². The Labute approximate surface area is 512 Å². The molecule has 4 aliphatic rings. The van der Waals surface area contributed by atoms with Crippen molar-refractivity contribution in [3.63, 3.8) is 0 Å². The van der Waals surface area contributed by atoms with Gasteiger partial charge in [-0.2, -0.15) is 0 Å². The topological polar surface area (TPSA) is 450 Å². The molecule has 0 radical (unpaired) electrons. The van der Waals surface area contributed by atoms with E-state index in [2.05, 4.69) is 31.9 Å².